The molecule has 0 aliphatic rings. The quantitative estimate of drug-likeness (QED) is 0.684. The lowest BCUT2D eigenvalue weighted by Gasteiger charge is -2.09. The van der Waals surface area contributed by atoms with E-state index in [2.05, 4.69) is 22.4 Å². The van der Waals surface area contributed by atoms with Crippen LogP contribution in [0.5, 0.6) is 0 Å². The number of hydrogen-bond donors (Lipinski definition) is 1. The highest BCUT2D eigenvalue weighted by molar-refractivity contribution is 7.99. The molecule has 0 radical (unpaired) electrons. The summed E-state index contributed by atoms with van der Waals surface area (Å²) in [5.74, 6) is 0.216. The molecular weight excluding hydrogens is 332 g/mol. The average molecular weight is 352 g/mol. The molecule has 0 saturated carbocycles. The van der Waals surface area contributed by atoms with E-state index in [9.17, 15) is 4.79 Å². The summed E-state index contributed by atoms with van der Waals surface area (Å²) in [6, 6.07) is 15.9. The van der Waals surface area contributed by atoms with Gasteiger partial charge in [-0.1, -0.05) is 49.0 Å². The molecule has 6 heteroatoms. The predicted octanol–water partition coefficient (Wildman–Crippen LogP) is 3.87. The standard InChI is InChI=1S/C19H20N4OS/c1-3-15-8-10-16(11-9-15)21-18(24)12-25-19-22-20-13-23(19)17-7-5-4-6-14(17)2/h4-11,13H,3,12H2,1-2H3,(H,21,24). The largest absolute Gasteiger partial charge is 0.325 e. The van der Waals surface area contributed by atoms with Crippen LogP contribution in [-0.4, -0.2) is 26.4 Å². The van der Waals surface area contributed by atoms with Crippen LogP contribution >= 0.6 is 11.8 Å². The molecule has 3 aromatic rings. The highest BCUT2D eigenvalue weighted by Crippen LogP contribution is 2.22. The molecular formula is C19H20N4OS. The first-order chi connectivity index (χ1) is 12.2. The van der Waals surface area contributed by atoms with Gasteiger partial charge in [0.15, 0.2) is 5.16 Å². The maximum absolute atomic E-state index is 12.2. The van der Waals surface area contributed by atoms with Gasteiger partial charge in [-0.3, -0.25) is 9.36 Å². The molecule has 128 valence electrons. The first-order valence-electron chi connectivity index (χ1n) is 8.15. The number of amides is 1. The van der Waals surface area contributed by atoms with Crippen molar-refractivity contribution in [2.45, 2.75) is 25.4 Å². The SMILES string of the molecule is CCc1ccc(NC(=O)CSc2nncn2-c2ccccc2C)cc1. The number of carbonyl (C=O) groups is 1. The van der Waals surface area contributed by atoms with Gasteiger partial charge in [0.25, 0.3) is 0 Å². The van der Waals surface area contributed by atoms with Crippen LogP contribution in [0.25, 0.3) is 5.69 Å². The number of benzene rings is 2. The Labute approximate surface area is 151 Å². The molecule has 0 bridgehead atoms. The van der Waals surface area contributed by atoms with Crippen molar-refractivity contribution in [2.24, 2.45) is 0 Å². The predicted molar refractivity (Wildman–Crippen MR) is 101 cm³/mol. The Hall–Kier alpha value is -2.60. The molecule has 0 saturated heterocycles. The van der Waals surface area contributed by atoms with Gasteiger partial charge in [0, 0.05) is 5.69 Å². The number of aryl methyl sites for hydroxylation is 2. The molecule has 1 N–H and O–H groups in total. The number of rotatable bonds is 6. The lowest BCUT2D eigenvalue weighted by Crippen LogP contribution is -2.14. The number of thioether (sulfide) groups is 1. The molecule has 0 fully saturated rings. The first kappa shape index (κ1) is 17.2. The third-order valence-corrected chi connectivity index (χ3v) is 4.81. The number of para-hydroxylation sites is 1. The second kappa shape index (κ2) is 7.98. The van der Waals surface area contributed by atoms with Gasteiger partial charge >= 0.3 is 0 Å². The maximum atomic E-state index is 12.2. The van der Waals surface area contributed by atoms with Gasteiger partial charge in [-0.25, -0.2) is 0 Å². The van der Waals surface area contributed by atoms with Crippen LogP contribution in [-0.2, 0) is 11.2 Å². The van der Waals surface area contributed by atoms with Crippen LogP contribution in [0, 0.1) is 6.92 Å². The van der Waals surface area contributed by atoms with E-state index in [1.165, 1.54) is 17.3 Å². The lowest BCUT2D eigenvalue weighted by molar-refractivity contribution is -0.113. The summed E-state index contributed by atoms with van der Waals surface area (Å²) in [7, 11) is 0. The minimum absolute atomic E-state index is 0.0615. The lowest BCUT2D eigenvalue weighted by atomic mass is 10.1. The van der Waals surface area contributed by atoms with Crippen molar-refractivity contribution >= 4 is 23.4 Å². The molecule has 25 heavy (non-hydrogen) atoms. The summed E-state index contributed by atoms with van der Waals surface area (Å²) in [4.78, 5) is 12.2. The zero-order chi connectivity index (χ0) is 17.6. The molecule has 0 spiro atoms. The number of nitrogens with one attached hydrogen (secondary N) is 1. The Morgan fingerprint density at radius 3 is 2.64 bits per heavy atom. The van der Waals surface area contributed by atoms with E-state index in [0.717, 1.165) is 23.4 Å². The molecule has 1 aromatic heterocycles. The van der Waals surface area contributed by atoms with E-state index in [1.807, 2.05) is 60.0 Å². The summed E-state index contributed by atoms with van der Waals surface area (Å²) >= 11 is 1.37. The number of hydrogen-bond acceptors (Lipinski definition) is 4. The maximum Gasteiger partial charge on any atom is 0.234 e. The van der Waals surface area contributed by atoms with Crippen molar-refractivity contribution in [3.05, 3.63) is 66.0 Å². The van der Waals surface area contributed by atoms with Crippen LogP contribution < -0.4 is 5.32 Å². The Balaban J connectivity index is 1.63. The van der Waals surface area contributed by atoms with Crippen molar-refractivity contribution in [3.8, 4) is 5.69 Å². The van der Waals surface area contributed by atoms with Gasteiger partial charge in [0.05, 0.1) is 11.4 Å². The van der Waals surface area contributed by atoms with Crippen molar-refractivity contribution in [1.82, 2.24) is 14.8 Å². The Bertz CT molecular complexity index is 858. The zero-order valence-electron chi connectivity index (χ0n) is 14.3. The Kier molecular flexibility index (Phi) is 5.50. The molecule has 1 amide bonds. The summed E-state index contributed by atoms with van der Waals surface area (Å²) in [5.41, 5.74) is 4.21. The minimum atomic E-state index is -0.0615. The summed E-state index contributed by atoms with van der Waals surface area (Å²) in [5, 5.41) is 11.7. The second-order valence-corrected chi connectivity index (χ2v) is 6.60. The van der Waals surface area contributed by atoms with Crippen molar-refractivity contribution < 1.29 is 4.79 Å². The van der Waals surface area contributed by atoms with Crippen molar-refractivity contribution in [2.75, 3.05) is 11.1 Å². The summed E-state index contributed by atoms with van der Waals surface area (Å²) in [6.07, 6.45) is 2.66. The highest BCUT2D eigenvalue weighted by Gasteiger charge is 2.11. The number of nitrogens with zero attached hydrogens (tertiary/aromatic N) is 3. The van der Waals surface area contributed by atoms with Gasteiger partial charge in [-0.05, 0) is 42.7 Å². The van der Waals surface area contributed by atoms with Crippen molar-refractivity contribution in [3.63, 3.8) is 0 Å². The van der Waals surface area contributed by atoms with E-state index < -0.39 is 0 Å². The Morgan fingerprint density at radius 1 is 1.16 bits per heavy atom. The van der Waals surface area contributed by atoms with Gasteiger partial charge in [-0.15, -0.1) is 10.2 Å². The molecule has 3 rings (SSSR count). The third-order valence-electron chi connectivity index (χ3n) is 3.87. The topological polar surface area (TPSA) is 59.8 Å². The van der Waals surface area contributed by atoms with Crippen LogP contribution in [0.1, 0.15) is 18.1 Å². The first-order valence-corrected chi connectivity index (χ1v) is 9.13. The smallest absolute Gasteiger partial charge is 0.234 e. The van der Waals surface area contributed by atoms with Gasteiger partial charge in [-0.2, -0.15) is 0 Å². The van der Waals surface area contributed by atoms with Crippen molar-refractivity contribution in [1.29, 1.82) is 0 Å². The summed E-state index contributed by atoms with van der Waals surface area (Å²) in [6.45, 7) is 4.14. The fourth-order valence-electron chi connectivity index (χ4n) is 2.47. The fourth-order valence-corrected chi connectivity index (χ4v) is 3.19. The van der Waals surface area contributed by atoms with Crippen LogP contribution in [0.2, 0.25) is 0 Å². The van der Waals surface area contributed by atoms with E-state index in [-0.39, 0.29) is 11.7 Å². The normalized spacial score (nSPS) is 10.6. The fraction of sp³-hybridized carbons (Fsp3) is 0.211. The molecule has 1 heterocycles. The second-order valence-electron chi connectivity index (χ2n) is 5.66. The molecule has 0 aliphatic carbocycles. The summed E-state index contributed by atoms with van der Waals surface area (Å²) < 4.78 is 1.91. The average Bonchev–Trinajstić information content (AvgIpc) is 3.09. The third kappa shape index (κ3) is 4.28. The molecule has 0 atom stereocenters. The molecule has 2 aromatic carbocycles. The molecule has 0 aliphatic heterocycles. The molecule has 5 nitrogen and oxygen atoms in total. The highest BCUT2D eigenvalue weighted by atomic mass is 32.2. The number of anilines is 1. The molecule has 0 unspecified atom stereocenters. The van der Waals surface area contributed by atoms with E-state index in [0.29, 0.717) is 5.16 Å². The zero-order valence-corrected chi connectivity index (χ0v) is 15.1. The van der Waals surface area contributed by atoms with E-state index in [4.69, 9.17) is 0 Å². The van der Waals surface area contributed by atoms with Crippen LogP contribution in [0.15, 0.2) is 60.0 Å². The van der Waals surface area contributed by atoms with Crippen LogP contribution in [0.3, 0.4) is 0 Å². The number of aromatic nitrogens is 3. The van der Waals surface area contributed by atoms with Crippen LogP contribution in [0.4, 0.5) is 5.69 Å². The van der Waals surface area contributed by atoms with E-state index in [1.54, 1.807) is 6.33 Å². The minimum Gasteiger partial charge on any atom is -0.325 e. The monoisotopic (exact) mass is 352 g/mol. The Morgan fingerprint density at radius 2 is 1.92 bits per heavy atom. The van der Waals surface area contributed by atoms with Gasteiger partial charge < -0.3 is 5.32 Å². The number of carbonyl (C=O) groups excluding carboxylic acids is 1. The van der Waals surface area contributed by atoms with Gasteiger partial charge in [0.2, 0.25) is 5.91 Å². The van der Waals surface area contributed by atoms with Gasteiger partial charge in [0.1, 0.15) is 6.33 Å². The van der Waals surface area contributed by atoms with E-state index >= 15 is 0 Å².